The third-order valence-electron chi connectivity index (χ3n) is 5.68. The minimum absolute atomic E-state index is 0.0912. The van der Waals surface area contributed by atoms with E-state index in [4.69, 9.17) is 4.74 Å². The van der Waals surface area contributed by atoms with Gasteiger partial charge in [0.2, 0.25) is 0 Å². The predicted octanol–water partition coefficient (Wildman–Crippen LogP) is 6.36. The van der Waals surface area contributed by atoms with Gasteiger partial charge in [-0.15, -0.1) is 0 Å². The first-order chi connectivity index (χ1) is 15.1. The van der Waals surface area contributed by atoms with Crippen molar-refractivity contribution in [1.82, 2.24) is 4.57 Å². The van der Waals surface area contributed by atoms with E-state index in [0.29, 0.717) is 6.61 Å². The van der Waals surface area contributed by atoms with Gasteiger partial charge in [0.25, 0.3) is 5.91 Å². The van der Waals surface area contributed by atoms with Crippen LogP contribution >= 0.6 is 0 Å². The van der Waals surface area contributed by atoms with Crippen LogP contribution in [0.5, 0.6) is 5.75 Å². The number of hydrogen-bond donors (Lipinski definition) is 1. The number of aromatic nitrogens is 1. The summed E-state index contributed by atoms with van der Waals surface area (Å²) in [5.74, 6) is 0.680. The number of amides is 1. The maximum absolute atomic E-state index is 13.2. The second kappa shape index (κ2) is 9.09. The van der Waals surface area contributed by atoms with Gasteiger partial charge in [-0.05, 0) is 73.4 Å². The van der Waals surface area contributed by atoms with Gasteiger partial charge in [-0.2, -0.15) is 0 Å². The van der Waals surface area contributed by atoms with E-state index < -0.39 is 0 Å². The number of carbonyl (C=O) groups excluding carboxylic acids is 1. The van der Waals surface area contributed by atoms with Gasteiger partial charge in [0, 0.05) is 23.1 Å². The van der Waals surface area contributed by atoms with Crippen molar-refractivity contribution < 1.29 is 9.53 Å². The lowest BCUT2D eigenvalue weighted by molar-refractivity contribution is 0.101. The number of nitrogens with zero attached hydrogens (tertiary/aromatic N) is 1. The van der Waals surface area contributed by atoms with E-state index in [1.54, 1.807) is 0 Å². The summed E-state index contributed by atoms with van der Waals surface area (Å²) in [6.45, 7) is 7.51. The van der Waals surface area contributed by atoms with Gasteiger partial charge in [-0.3, -0.25) is 4.79 Å². The number of nitrogens with one attached hydrogen (secondary N) is 1. The van der Waals surface area contributed by atoms with Gasteiger partial charge in [-0.25, -0.2) is 0 Å². The van der Waals surface area contributed by atoms with Crippen LogP contribution in [-0.4, -0.2) is 10.5 Å². The van der Waals surface area contributed by atoms with Crippen molar-refractivity contribution in [1.29, 1.82) is 0 Å². The number of benzene rings is 3. The van der Waals surface area contributed by atoms with Gasteiger partial charge >= 0.3 is 0 Å². The number of hydrogen-bond acceptors (Lipinski definition) is 2. The second-order valence-electron chi connectivity index (χ2n) is 7.68. The van der Waals surface area contributed by atoms with Crippen molar-refractivity contribution in [2.45, 2.75) is 40.3 Å². The fourth-order valence-corrected chi connectivity index (χ4v) is 3.98. The second-order valence-corrected chi connectivity index (χ2v) is 7.68. The highest BCUT2D eigenvalue weighted by Crippen LogP contribution is 2.28. The summed E-state index contributed by atoms with van der Waals surface area (Å²) < 4.78 is 7.93. The summed E-state index contributed by atoms with van der Waals surface area (Å²) in [6.07, 6.45) is 0.979. The Labute approximate surface area is 183 Å². The molecule has 0 atom stereocenters. The van der Waals surface area contributed by atoms with E-state index in [2.05, 4.69) is 41.9 Å². The van der Waals surface area contributed by atoms with Crippen LogP contribution in [0.2, 0.25) is 0 Å². The third-order valence-corrected chi connectivity index (χ3v) is 5.68. The predicted molar refractivity (Wildman–Crippen MR) is 127 cm³/mol. The number of rotatable bonds is 7. The van der Waals surface area contributed by atoms with Crippen LogP contribution in [-0.2, 0) is 19.6 Å². The van der Waals surface area contributed by atoms with E-state index >= 15 is 0 Å². The maximum Gasteiger partial charge on any atom is 0.272 e. The molecule has 31 heavy (non-hydrogen) atoms. The Morgan fingerprint density at radius 3 is 2.35 bits per heavy atom. The van der Waals surface area contributed by atoms with Gasteiger partial charge in [0.15, 0.2) is 0 Å². The average Bonchev–Trinajstić information content (AvgIpc) is 3.10. The molecule has 1 amide bonds. The minimum atomic E-state index is -0.0912. The number of ether oxygens (including phenoxy) is 1. The molecule has 1 aromatic heterocycles. The lowest BCUT2D eigenvalue weighted by Gasteiger charge is -2.11. The van der Waals surface area contributed by atoms with Gasteiger partial charge < -0.3 is 14.6 Å². The number of aryl methyl sites for hydroxylation is 3. The fraction of sp³-hybridized carbons (Fsp3) is 0.222. The Morgan fingerprint density at radius 2 is 1.68 bits per heavy atom. The fourth-order valence-electron chi connectivity index (χ4n) is 3.98. The molecular formula is C27H28N2O2. The zero-order valence-electron chi connectivity index (χ0n) is 18.3. The SMILES string of the molecule is CCc1ccc2c(c1)c(C)c(C(=O)Nc1ccc(OCc3ccccc3)cc1)n2CC. The summed E-state index contributed by atoms with van der Waals surface area (Å²) >= 11 is 0. The van der Waals surface area contributed by atoms with Crippen LogP contribution < -0.4 is 10.1 Å². The molecular weight excluding hydrogens is 384 g/mol. The van der Waals surface area contributed by atoms with Crippen molar-refractivity contribution in [2.75, 3.05) is 5.32 Å². The molecule has 0 saturated carbocycles. The van der Waals surface area contributed by atoms with E-state index in [9.17, 15) is 4.79 Å². The smallest absolute Gasteiger partial charge is 0.272 e. The van der Waals surface area contributed by atoms with E-state index in [1.165, 1.54) is 5.56 Å². The van der Waals surface area contributed by atoms with E-state index in [0.717, 1.165) is 52.1 Å². The van der Waals surface area contributed by atoms with Crippen LogP contribution in [0.3, 0.4) is 0 Å². The first-order valence-corrected chi connectivity index (χ1v) is 10.8. The largest absolute Gasteiger partial charge is 0.489 e. The highest BCUT2D eigenvalue weighted by Gasteiger charge is 2.20. The summed E-state index contributed by atoms with van der Waals surface area (Å²) in [4.78, 5) is 13.2. The number of fused-ring (bicyclic) bond motifs is 1. The average molecular weight is 413 g/mol. The Kier molecular flexibility index (Phi) is 6.08. The van der Waals surface area contributed by atoms with Crippen molar-refractivity contribution in [2.24, 2.45) is 0 Å². The normalized spacial score (nSPS) is 10.9. The van der Waals surface area contributed by atoms with Crippen molar-refractivity contribution in [3.05, 3.63) is 95.2 Å². The molecule has 158 valence electrons. The summed E-state index contributed by atoms with van der Waals surface area (Å²) in [6, 6.07) is 24.0. The quantitative estimate of drug-likeness (QED) is 0.384. The molecule has 1 N–H and O–H groups in total. The first kappa shape index (κ1) is 20.7. The molecule has 4 nitrogen and oxygen atoms in total. The van der Waals surface area contributed by atoms with E-state index in [1.807, 2.05) is 61.5 Å². The molecule has 0 fully saturated rings. The van der Waals surface area contributed by atoms with E-state index in [-0.39, 0.29) is 5.91 Å². The highest BCUT2D eigenvalue weighted by molar-refractivity contribution is 6.08. The molecule has 4 heteroatoms. The molecule has 4 rings (SSSR count). The third kappa shape index (κ3) is 4.33. The van der Waals surface area contributed by atoms with Crippen molar-refractivity contribution in [3.8, 4) is 5.75 Å². The minimum Gasteiger partial charge on any atom is -0.489 e. The first-order valence-electron chi connectivity index (χ1n) is 10.8. The van der Waals surface area contributed by atoms with Gasteiger partial charge in [0.05, 0.1) is 0 Å². The zero-order valence-corrected chi connectivity index (χ0v) is 18.3. The van der Waals surface area contributed by atoms with Crippen LogP contribution in [0.4, 0.5) is 5.69 Å². The Hall–Kier alpha value is -3.53. The van der Waals surface area contributed by atoms with Crippen molar-refractivity contribution in [3.63, 3.8) is 0 Å². The van der Waals surface area contributed by atoms with Crippen LogP contribution in [0.25, 0.3) is 10.9 Å². The molecule has 0 bridgehead atoms. The van der Waals surface area contributed by atoms with Crippen molar-refractivity contribution >= 4 is 22.5 Å². The summed E-state index contributed by atoms with van der Waals surface area (Å²) in [7, 11) is 0. The molecule has 1 heterocycles. The van der Waals surface area contributed by atoms with Gasteiger partial charge in [0.1, 0.15) is 18.1 Å². The molecule has 0 aliphatic heterocycles. The molecule has 0 spiro atoms. The Morgan fingerprint density at radius 1 is 0.935 bits per heavy atom. The van der Waals surface area contributed by atoms with Crippen LogP contribution in [0, 0.1) is 6.92 Å². The Bertz CT molecular complexity index is 1190. The number of anilines is 1. The molecule has 4 aromatic rings. The van der Waals surface area contributed by atoms with Crippen LogP contribution in [0.1, 0.15) is 41.0 Å². The maximum atomic E-state index is 13.2. The monoisotopic (exact) mass is 412 g/mol. The van der Waals surface area contributed by atoms with Crippen LogP contribution in [0.15, 0.2) is 72.8 Å². The van der Waals surface area contributed by atoms with Gasteiger partial charge in [-0.1, -0.05) is 43.3 Å². The number of carbonyl (C=O) groups is 1. The highest BCUT2D eigenvalue weighted by atomic mass is 16.5. The molecule has 0 unspecified atom stereocenters. The summed E-state index contributed by atoms with van der Waals surface area (Å²) in [5, 5.41) is 4.20. The molecule has 0 saturated heterocycles. The molecule has 3 aromatic carbocycles. The summed E-state index contributed by atoms with van der Waals surface area (Å²) in [5.41, 5.74) is 5.99. The molecule has 0 aliphatic carbocycles. The lowest BCUT2D eigenvalue weighted by Crippen LogP contribution is -2.17. The topological polar surface area (TPSA) is 43.3 Å². The molecule has 0 radical (unpaired) electrons. The lowest BCUT2D eigenvalue weighted by atomic mass is 10.1. The standard InChI is InChI=1S/C27H28N2O2/c1-4-20-11-16-25-24(17-20)19(3)26(29(25)5-2)27(30)28-22-12-14-23(15-13-22)31-18-21-9-7-6-8-10-21/h6-17H,4-5,18H2,1-3H3,(H,28,30). The molecule has 0 aliphatic rings. The Balaban J connectivity index is 1.51. The zero-order chi connectivity index (χ0) is 21.8.